The van der Waals surface area contributed by atoms with Crippen molar-refractivity contribution in [3.8, 4) is 17.2 Å². The number of aliphatic hydroxyl groups is 1. The quantitative estimate of drug-likeness (QED) is 0.424. The third kappa shape index (κ3) is 4.58. The number of fused-ring (bicyclic) bond motifs is 1. The normalized spacial score (nSPS) is 23.9. The Morgan fingerprint density at radius 3 is 2.56 bits per heavy atom. The smallest absolute Gasteiger partial charge is 0.242 e. The zero-order valence-electron chi connectivity index (χ0n) is 20.1. The SMILES string of the molecule is CCCOc1ccc(C2C3C(NNC3c3cc(C)ccc3O)C(=O)N2CCCO)cc1OCC. The lowest BCUT2D eigenvalue weighted by molar-refractivity contribution is -0.130. The lowest BCUT2D eigenvalue weighted by Crippen LogP contribution is -2.41. The van der Waals surface area contributed by atoms with Gasteiger partial charge in [-0.2, -0.15) is 0 Å². The van der Waals surface area contributed by atoms with Gasteiger partial charge < -0.3 is 24.6 Å². The highest BCUT2D eigenvalue weighted by Gasteiger charge is 2.55. The van der Waals surface area contributed by atoms with Crippen LogP contribution >= 0.6 is 0 Å². The molecule has 0 aromatic heterocycles. The first-order valence-corrected chi connectivity index (χ1v) is 12.1. The van der Waals surface area contributed by atoms with E-state index in [9.17, 15) is 15.0 Å². The van der Waals surface area contributed by atoms with Gasteiger partial charge in [0, 0.05) is 24.6 Å². The molecule has 0 saturated carbocycles. The number of benzene rings is 2. The fourth-order valence-electron chi connectivity index (χ4n) is 5.09. The molecule has 4 atom stereocenters. The van der Waals surface area contributed by atoms with Crippen LogP contribution in [0.3, 0.4) is 0 Å². The molecule has 0 aliphatic carbocycles. The van der Waals surface area contributed by atoms with Crippen molar-refractivity contribution >= 4 is 5.91 Å². The van der Waals surface area contributed by atoms with E-state index < -0.39 is 6.04 Å². The van der Waals surface area contributed by atoms with Gasteiger partial charge in [-0.15, -0.1) is 0 Å². The van der Waals surface area contributed by atoms with Gasteiger partial charge in [-0.25, -0.2) is 10.9 Å². The monoisotopic (exact) mass is 469 g/mol. The zero-order chi connectivity index (χ0) is 24.2. The highest BCUT2D eigenvalue weighted by Crippen LogP contribution is 2.49. The summed E-state index contributed by atoms with van der Waals surface area (Å²) in [7, 11) is 0. The Bertz CT molecular complexity index is 1010. The van der Waals surface area contributed by atoms with Crippen molar-refractivity contribution in [3.63, 3.8) is 0 Å². The van der Waals surface area contributed by atoms with Crippen LogP contribution in [-0.4, -0.2) is 53.4 Å². The molecule has 184 valence electrons. The molecular formula is C26H35N3O5. The van der Waals surface area contributed by atoms with Crippen LogP contribution in [0.1, 0.15) is 55.5 Å². The van der Waals surface area contributed by atoms with Gasteiger partial charge in [0.05, 0.1) is 25.3 Å². The minimum absolute atomic E-state index is 0.00754. The summed E-state index contributed by atoms with van der Waals surface area (Å²) in [5.41, 5.74) is 9.18. The molecule has 0 bridgehead atoms. The molecule has 4 N–H and O–H groups in total. The number of hydrogen-bond donors (Lipinski definition) is 4. The van der Waals surface area contributed by atoms with E-state index in [4.69, 9.17) is 9.47 Å². The molecule has 2 saturated heterocycles. The van der Waals surface area contributed by atoms with Gasteiger partial charge in [0.15, 0.2) is 11.5 Å². The van der Waals surface area contributed by atoms with E-state index in [1.807, 2.05) is 49.1 Å². The van der Waals surface area contributed by atoms with Crippen molar-refractivity contribution < 1.29 is 24.5 Å². The standard InChI is InChI=1S/C26H35N3O5/c1-4-13-34-20-10-8-17(15-21(20)33-5-2)25-22-23(18-14-16(3)7-9-19(18)31)27-28-24(22)26(32)29(25)11-6-12-30/h7-10,14-15,22-25,27-28,30-31H,4-6,11-13H2,1-3H3. The maximum Gasteiger partial charge on any atom is 0.242 e. The Balaban J connectivity index is 1.77. The number of amides is 1. The summed E-state index contributed by atoms with van der Waals surface area (Å²) in [5.74, 6) is 1.35. The first-order valence-electron chi connectivity index (χ1n) is 12.1. The summed E-state index contributed by atoms with van der Waals surface area (Å²) < 4.78 is 11.8. The number of hydrogen-bond acceptors (Lipinski definition) is 7. The predicted octanol–water partition coefficient (Wildman–Crippen LogP) is 2.99. The predicted molar refractivity (Wildman–Crippen MR) is 129 cm³/mol. The lowest BCUT2D eigenvalue weighted by Gasteiger charge is -2.32. The number of likely N-dealkylation sites (tertiary alicyclic amines) is 1. The summed E-state index contributed by atoms with van der Waals surface area (Å²) >= 11 is 0. The maximum atomic E-state index is 13.4. The van der Waals surface area contributed by atoms with Crippen LogP contribution in [0.15, 0.2) is 36.4 Å². The molecule has 2 aliphatic heterocycles. The molecule has 2 aromatic carbocycles. The molecule has 8 nitrogen and oxygen atoms in total. The molecule has 1 amide bonds. The van der Waals surface area contributed by atoms with E-state index in [2.05, 4.69) is 17.8 Å². The van der Waals surface area contributed by atoms with Crippen LogP contribution in [-0.2, 0) is 4.79 Å². The number of hydrazine groups is 1. The van der Waals surface area contributed by atoms with E-state index in [1.54, 1.807) is 6.07 Å². The highest BCUT2D eigenvalue weighted by atomic mass is 16.5. The highest BCUT2D eigenvalue weighted by molar-refractivity contribution is 5.86. The number of nitrogens with zero attached hydrogens (tertiary/aromatic N) is 1. The van der Waals surface area contributed by atoms with Gasteiger partial charge in [-0.05, 0) is 50.5 Å². The number of aromatic hydroxyl groups is 1. The van der Waals surface area contributed by atoms with Crippen molar-refractivity contribution in [3.05, 3.63) is 53.1 Å². The molecule has 4 unspecified atom stereocenters. The van der Waals surface area contributed by atoms with Crippen molar-refractivity contribution in [1.29, 1.82) is 0 Å². The number of ether oxygens (including phenoxy) is 2. The Hall–Kier alpha value is -2.81. The number of phenolic OH excluding ortho intramolecular Hbond substituents is 1. The third-order valence-corrected chi connectivity index (χ3v) is 6.56. The Morgan fingerprint density at radius 1 is 1.03 bits per heavy atom. The van der Waals surface area contributed by atoms with E-state index in [-0.39, 0.29) is 36.3 Å². The maximum absolute atomic E-state index is 13.4. The average Bonchev–Trinajstić information content (AvgIpc) is 3.37. The Labute approximate surface area is 200 Å². The molecule has 34 heavy (non-hydrogen) atoms. The van der Waals surface area contributed by atoms with Gasteiger partial charge in [-0.3, -0.25) is 4.79 Å². The lowest BCUT2D eigenvalue weighted by atomic mass is 9.82. The van der Waals surface area contributed by atoms with E-state index in [0.717, 1.165) is 23.1 Å². The second kappa shape index (κ2) is 10.6. The summed E-state index contributed by atoms with van der Waals surface area (Å²) in [6, 6.07) is 10.4. The molecule has 2 heterocycles. The second-order valence-electron chi connectivity index (χ2n) is 8.92. The number of aliphatic hydroxyl groups excluding tert-OH is 1. The van der Waals surface area contributed by atoms with Crippen molar-refractivity contribution in [2.75, 3.05) is 26.4 Å². The molecule has 0 radical (unpaired) electrons. The van der Waals surface area contributed by atoms with Crippen LogP contribution < -0.4 is 20.3 Å². The number of carbonyl (C=O) groups excluding carboxylic acids is 1. The molecule has 4 rings (SSSR count). The second-order valence-corrected chi connectivity index (χ2v) is 8.92. The zero-order valence-corrected chi connectivity index (χ0v) is 20.1. The molecule has 0 spiro atoms. The first kappa shape index (κ1) is 24.3. The summed E-state index contributed by atoms with van der Waals surface area (Å²) in [6.45, 7) is 7.51. The van der Waals surface area contributed by atoms with Gasteiger partial charge in [-0.1, -0.05) is 30.7 Å². The molecular weight excluding hydrogens is 434 g/mol. The van der Waals surface area contributed by atoms with Crippen LogP contribution in [0, 0.1) is 12.8 Å². The first-order chi connectivity index (χ1) is 16.5. The van der Waals surface area contributed by atoms with Crippen LogP contribution in [0.5, 0.6) is 17.2 Å². The van der Waals surface area contributed by atoms with Crippen molar-refractivity contribution in [1.82, 2.24) is 15.8 Å². The number of carbonyl (C=O) groups is 1. The topological polar surface area (TPSA) is 103 Å². The Morgan fingerprint density at radius 2 is 1.82 bits per heavy atom. The minimum atomic E-state index is -0.444. The summed E-state index contributed by atoms with van der Waals surface area (Å²) in [4.78, 5) is 15.3. The number of nitrogens with one attached hydrogen (secondary N) is 2. The fourth-order valence-corrected chi connectivity index (χ4v) is 5.09. The number of rotatable bonds is 10. The van der Waals surface area contributed by atoms with Gasteiger partial charge in [0.2, 0.25) is 5.91 Å². The fraction of sp³-hybridized carbons (Fsp3) is 0.500. The number of aryl methyl sites for hydroxylation is 1. The average molecular weight is 470 g/mol. The van der Waals surface area contributed by atoms with Gasteiger partial charge >= 0.3 is 0 Å². The largest absolute Gasteiger partial charge is 0.508 e. The minimum Gasteiger partial charge on any atom is -0.508 e. The van der Waals surface area contributed by atoms with E-state index >= 15 is 0 Å². The van der Waals surface area contributed by atoms with Gasteiger partial charge in [0.25, 0.3) is 0 Å². The van der Waals surface area contributed by atoms with Crippen LogP contribution in [0.4, 0.5) is 0 Å². The molecule has 2 aromatic rings. The third-order valence-electron chi connectivity index (χ3n) is 6.56. The van der Waals surface area contributed by atoms with E-state index in [0.29, 0.717) is 37.7 Å². The number of phenols is 1. The van der Waals surface area contributed by atoms with Crippen molar-refractivity contribution in [2.24, 2.45) is 5.92 Å². The van der Waals surface area contributed by atoms with Gasteiger partial charge in [0.1, 0.15) is 11.8 Å². The van der Waals surface area contributed by atoms with Crippen LogP contribution in [0.25, 0.3) is 0 Å². The molecule has 2 fully saturated rings. The Kier molecular flexibility index (Phi) is 7.60. The molecule has 2 aliphatic rings. The van der Waals surface area contributed by atoms with E-state index in [1.165, 1.54) is 0 Å². The molecule has 8 heteroatoms. The van der Waals surface area contributed by atoms with Crippen LogP contribution in [0.2, 0.25) is 0 Å². The summed E-state index contributed by atoms with van der Waals surface area (Å²) in [5, 5.41) is 20.1. The summed E-state index contributed by atoms with van der Waals surface area (Å²) in [6.07, 6.45) is 1.38. The van der Waals surface area contributed by atoms with Crippen molar-refractivity contribution in [2.45, 2.75) is 51.7 Å².